The lowest BCUT2D eigenvalue weighted by atomic mass is 9.75. The quantitative estimate of drug-likeness (QED) is 0.519. The van der Waals surface area contributed by atoms with Gasteiger partial charge in [0.05, 0.1) is 16.6 Å². The van der Waals surface area contributed by atoms with Crippen molar-refractivity contribution < 1.29 is 19.1 Å². The molecule has 0 aliphatic heterocycles. The Labute approximate surface area is 170 Å². The lowest BCUT2D eigenvalue weighted by Gasteiger charge is -2.24. The topological polar surface area (TPSA) is 104 Å². The van der Waals surface area contributed by atoms with Crippen LogP contribution in [0.2, 0.25) is 10.0 Å². The van der Waals surface area contributed by atoms with E-state index in [1.54, 1.807) is 0 Å². The molecule has 0 spiro atoms. The second-order valence-electron chi connectivity index (χ2n) is 6.93. The van der Waals surface area contributed by atoms with Crippen LogP contribution in [0.25, 0.3) is 0 Å². The maximum Gasteiger partial charge on any atom is 0.182 e. The van der Waals surface area contributed by atoms with Crippen LogP contribution in [-0.4, -0.2) is 44.2 Å². The third-order valence-electron chi connectivity index (χ3n) is 5.31. The van der Waals surface area contributed by atoms with Crippen molar-refractivity contribution in [3.63, 3.8) is 0 Å². The van der Waals surface area contributed by atoms with Crippen LogP contribution in [-0.2, 0) is 16.1 Å². The van der Waals surface area contributed by atoms with E-state index in [1.807, 2.05) is 0 Å². The van der Waals surface area contributed by atoms with Gasteiger partial charge in [-0.2, -0.15) is 4.80 Å². The zero-order valence-electron chi connectivity index (χ0n) is 14.7. The van der Waals surface area contributed by atoms with Gasteiger partial charge < -0.3 is 4.74 Å². The van der Waals surface area contributed by atoms with Gasteiger partial charge in [0.2, 0.25) is 0 Å². The number of carbonyl (C=O) groups is 3. The molecule has 2 bridgehead atoms. The number of tetrazole rings is 1. The minimum atomic E-state index is -1.28. The van der Waals surface area contributed by atoms with Crippen molar-refractivity contribution in [1.29, 1.82) is 0 Å². The summed E-state index contributed by atoms with van der Waals surface area (Å²) in [5.41, 5.74) is 0.0629. The largest absolute Gasteiger partial charge is 0.488 e. The Balaban J connectivity index is 1.56. The van der Waals surface area contributed by atoms with Crippen LogP contribution < -0.4 is 4.74 Å². The molecule has 2 aromatic rings. The monoisotopic (exact) mass is 422 g/mol. The average molecular weight is 423 g/mol. The molecule has 2 unspecified atom stereocenters. The highest BCUT2D eigenvalue weighted by Crippen LogP contribution is 2.43. The second-order valence-corrected chi connectivity index (χ2v) is 7.71. The van der Waals surface area contributed by atoms with Crippen LogP contribution in [0.4, 0.5) is 0 Å². The van der Waals surface area contributed by atoms with Gasteiger partial charge in [0, 0.05) is 17.4 Å². The van der Waals surface area contributed by atoms with Crippen LogP contribution in [0.1, 0.15) is 29.6 Å². The molecule has 8 nitrogen and oxygen atoms in total. The molecule has 0 amide bonds. The zero-order chi connectivity index (χ0) is 19.8. The number of carbonyl (C=O) groups excluding carboxylic acids is 3. The number of ether oxygens (including phenoxy) is 1. The number of Topliss-reactive ketones (excluding diaryl/α,β-unsaturated/α-hetero) is 3. The van der Waals surface area contributed by atoms with Gasteiger partial charge in [-0.3, -0.25) is 14.4 Å². The molecule has 1 aromatic heterocycles. The van der Waals surface area contributed by atoms with Gasteiger partial charge in [-0.15, -0.1) is 10.2 Å². The molecule has 2 fully saturated rings. The van der Waals surface area contributed by atoms with Crippen molar-refractivity contribution in [1.82, 2.24) is 20.2 Å². The van der Waals surface area contributed by atoms with E-state index in [0.717, 1.165) is 0 Å². The summed E-state index contributed by atoms with van der Waals surface area (Å²) in [7, 11) is 0. The number of benzene rings is 1. The third-order valence-corrected chi connectivity index (χ3v) is 5.99. The minimum Gasteiger partial charge on any atom is -0.488 e. The highest BCUT2D eigenvalue weighted by Gasteiger charge is 2.50. The number of hydrogen-bond donors (Lipinski definition) is 0. The van der Waals surface area contributed by atoms with E-state index in [0.29, 0.717) is 25.8 Å². The Hall–Kier alpha value is -2.32. The smallest absolute Gasteiger partial charge is 0.182 e. The van der Waals surface area contributed by atoms with Crippen LogP contribution in [0, 0.1) is 17.8 Å². The fourth-order valence-electron chi connectivity index (χ4n) is 3.90. The summed E-state index contributed by atoms with van der Waals surface area (Å²) in [4.78, 5) is 39.6. The van der Waals surface area contributed by atoms with E-state index in [9.17, 15) is 14.4 Å². The Morgan fingerprint density at radius 1 is 1.18 bits per heavy atom. The van der Waals surface area contributed by atoms with Crippen LogP contribution >= 0.6 is 23.2 Å². The summed E-state index contributed by atoms with van der Waals surface area (Å²) in [6.45, 7) is 0.437. The summed E-state index contributed by atoms with van der Waals surface area (Å²) >= 11 is 12.5. The van der Waals surface area contributed by atoms with Crippen LogP contribution in [0.5, 0.6) is 5.75 Å². The van der Waals surface area contributed by atoms with Gasteiger partial charge in [-0.25, -0.2) is 0 Å². The molecule has 0 radical (unpaired) electrons. The maximum atomic E-state index is 13.0. The lowest BCUT2D eigenvalue weighted by molar-refractivity contribution is -0.137. The van der Waals surface area contributed by atoms with E-state index in [4.69, 9.17) is 27.9 Å². The zero-order valence-corrected chi connectivity index (χ0v) is 16.2. The lowest BCUT2D eigenvalue weighted by Crippen LogP contribution is -2.41. The first-order valence-electron chi connectivity index (χ1n) is 8.90. The first-order valence-corrected chi connectivity index (χ1v) is 9.66. The van der Waals surface area contributed by atoms with E-state index in [2.05, 4.69) is 15.4 Å². The summed E-state index contributed by atoms with van der Waals surface area (Å²) in [6.07, 6.45) is 3.18. The van der Waals surface area contributed by atoms with Crippen molar-refractivity contribution in [2.24, 2.45) is 17.8 Å². The molecule has 10 heteroatoms. The summed E-state index contributed by atoms with van der Waals surface area (Å²) < 4.78 is 5.61. The van der Waals surface area contributed by atoms with Gasteiger partial charge in [0.25, 0.3) is 0 Å². The van der Waals surface area contributed by atoms with Crippen molar-refractivity contribution in [3.8, 4) is 5.75 Å². The first-order chi connectivity index (χ1) is 13.5. The summed E-state index contributed by atoms with van der Waals surface area (Å²) in [5.74, 6) is -2.77. The molecule has 1 heterocycles. The van der Waals surface area contributed by atoms with Gasteiger partial charge in [-0.05, 0) is 36.6 Å². The molecule has 1 aromatic carbocycles. The molecule has 2 aliphatic carbocycles. The number of hydrogen-bond acceptors (Lipinski definition) is 7. The third kappa shape index (κ3) is 3.31. The van der Waals surface area contributed by atoms with E-state index in [-0.39, 0.29) is 51.4 Å². The molecule has 2 saturated carbocycles. The number of rotatable bonds is 6. The van der Waals surface area contributed by atoms with E-state index < -0.39 is 11.7 Å². The van der Waals surface area contributed by atoms with Crippen molar-refractivity contribution >= 4 is 40.6 Å². The van der Waals surface area contributed by atoms with Crippen LogP contribution in [0.3, 0.4) is 0 Å². The molecule has 2 aliphatic rings. The molecular formula is C18H16Cl2N4O4. The second kappa shape index (κ2) is 7.60. The SMILES string of the molecule is O=C(c1ccc(Cl)c(OCCn2ncnn2)c1Cl)C1C(=O)C2CCC(C2)C1=O. The molecule has 146 valence electrons. The summed E-state index contributed by atoms with van der Waals surface area (Å²) in [6, 6.07) is 2.89. The Morgan fingerprint density at radius 2 is 1.89 bits per heavy atom. The highest BCUT2D eigenvalue weighted by molar-refractivity contribution is 6.40. The van der Waals surface area contributed by atoms with Gasteiger partial charge in [0.1, 0.15) is 12.5 Å². The standard InChI is InChI=1S/C18H16Cl2N4O4/c19-12-4-3-11(14(20)18(12)28-6-5-24-22-8-21-23-24)17(27)13-15(25)9-1-2-10(7-9)16(13)26/h3-4,8-10,13H,1-2,5-7H2. The average Bonchev–Trinajstić information content (AvgIpc) is 3.34. The van der Waals surface area contributed by atoms with Gasteiger partial charge in [-0.1, -0.05) is 23.2 Å². The van der Waals surface area contributed by atoms with Crippen molar-refractivity contribution in [2.75, 3.05) is 6.61 Å². The fraction of sp³-hybridized carbons (Fsp3) is 0.444. The van der Waals surface area contributed by atoms with Gasteiger partial charge in [0.15, 0.2) is 29.4 Å². The first kappa shape index (κ1) is 19.0. The number of aromatic nitrogens is 4. The van der Waals surface area contributed by atoms with E-state index in [1.165, 1.54) is 23.3 Å². The predicted molar refractivity (Wildman–Crippen MR) is 98.4 cm³/mol. The fourth-order valence-corrected chi connectivity index (χ4v) is 4.47. The molecular weight excluding hydrogens is 407 g/mol. The minimum absolute atomic E-state index is 0.0115. The van der Waals surface area contributed by atoms with Gasteiger partial charge >= 0.3 is 0 Å². The number of ketones is 3. The molecule has 0 N–H and O–H groups in total. The Bertz CT molecular complexity index is 925. The van der Waals surface area contributed by atoms with Crippen LogP contribution in [0.15, 0.2) is 18.5 Å². The molecule has 0 saturated heterocycles. The maximum absolute atomic E-state index is 13.0. The Kier molecular flexibility index (Phi) is 5.16. The molecule has 4 rings (SSSR count). The Morgan fingerprint density at radius 3 is 2.54 bits per heavy atom. The van der Waals surface area contributed by atoms with Crippen molar-refractivity contribution in [3.05, 3.63) is 34.1 Å². The number of fused-ring (bicyclic) bond motifs is 2. The molecule has 28 heavy (non-hydrogen) atoms. The number of halogens is 2. The normalized spacial score (nSPS) is 23.9. The number of nitrogens with zero attached hydrogens (tertiary/aromatic N) is 4. The van der Waals surface area contributed by atoms with E-state index >= 15 is 0 Å². The molecule has 2 atom stereocenters. The highest BCUT2D eigenvalue weighted by atomic mass is 35.5. The predicted octanol–water partition coefficient (Wildman–Crippen LogP) is 2.43. The summed E-state index contributed by atoms with van der Waals surface area (Å²) in [5, 5.41) is 11.4. The van der Waals surface area contributed by atoms with Crippen molar-refractivity contribution in [2.45, 2.75) is 25.8 Å².